The van der Waals surface area contributed by atoms with Gasteiger partial charge in [0.1, 0.15) is 0 Å². The molecule has 0 amide bonds. The number of hydrogen-bond acceptors (Lipinski definition) is 1. The minimum absolute atomic E-state index is 0.121. The second kappa shape index (κ2) is 5.44. The van der Waals surface area contributed by atoms with Crippen LogP contribution in [0.3, 0.4) is 0 Å². The smallest absolute Gasteiger partial charge is 0.0608 e. The molecular formula is C17H24O. The summed E-state index contributed by atoms with van der Waals surface area (Å²) in [6.07, 6.45) is 11.0. The Kier molecular flexibility index (Phi) is 3.69. The van der Waals surface area contributed by atoms with Crippen molar-refractivity contribution in [1.82, 2.24) is 0 Å². The molecule has 2 aliphatic rings. The zero-order chi connectivity index (χ0) is 12.4. The molecule has 1 fully saturated rings. The predicted molar refractivity (Wildman–Crippen MR) is 74.8 cm³/mol. The van der Waals surface area contributed by atoms with Crippen molar-refractivity contribution in [2.45, 2.75) is 63.9 Å². The second-order valence-electron chi connectivity index (χ2n) is 6.13. The van der Waals surface area contributed by atoms with Gasteiger partial charge in [0, 0.05) is 0 Å². The lowest BCUT2D eigenvalue weighted by Crippen LogP contribution is -2.25. The van der Waals surface area contributed by atoms with Crippen molar-refractivity contribution >= 4 is 0 Å². The zero-order valence-electron chi connectivity index (χ0n) is 11.2. The minimum atomic E-state index is -0.121. The van der Waals surface area contributed by atoms with E-state index in [1.165, 1.54) is 68.1 Å². The average Bonchev–Trinajstić information content (AvgIpc) is 2.87. The summed E-state index contributed by atoms with van der Waals surface area (Å²) in [7, 11) is 0. The Morgan fingerprint density at radius 2 is 1.78 bits per heavy atom. The van der Waals surface area contributed by atoms with E-state index in [1.54, 1.807) is 0 Å². The Morgan fingerprint density at radius 3 is 2.61 bits per heavy atom. The van der Waals surface area contributed by atoms with Gasteiger partial charge >= 0.3 is 0 Å². The number of aliphatic hydroxyl groups is 1. The fourth-order valence-electron chi connectivity index (χ4n) is 3.68. The van der Waals surface area contributed by atoms with E-state index < -0.39 is 0 Å². The average molecular weight is 244 g/mol. The Labute approximate surface area is 110 Å². The first-order chi connectivity index (χ1) is 8.83. The van der Waals surface area contributed by atoms with Gasteiger partial charge in [0.25, 0.3) is 0 Å². The van der Waals surface area contributed by atoms with Gasteiger partial charge in [-0.1, -0.05) is 37.5 Å². The molecular weight excluding hydrogens is 220 g/mol. The van der Waals surface area contributed by atoms with E-state index in [9.17, 15) is 5.11 Å². The highest BCUT2D eigenvalue weighted by Crippen LogP contribution is 2.29. The van der Waals surface area contributed by atoms with E-state index in [1.807, 2.05) is 0 Å². The molecule has 0 saturated heterocycles. The molecule has 0 bridgehead atoms. The standard InChI is InChI=1S/C17H24O/c18-17(15-5-2-1-3-6-15)12-13-9-10-14-7-4-8-16(14)11-13/h9-11,15,17-18H,1-8,12H2. The van der Waals surface area contributed by atoms with E-state index in [0.717, 1.165) is 6.42 Å². The van der Waals surface area contributed by atoms with Gasteiger partial charge in [0.05, 0.1) is 6.10 Å². The van der Waals surface area contributed by atoms with Crippen LogP contribution >= 0.6 is 0 Å². The molecule has 0 aromatic heterocycles. The summed E-state index contributed by atoms with van der Waals surface area (Å²) in [6, 6.07) is 6.86. The molecule has 0 spiro atoms. The monoisotopic (exact) mass is 244 g/mol. The second-order valence-corrected chi connectivity index (χ2v) is 6.13. The van der Waals surface area contributed by atoms with Gasteiger partial charge in [-0.2, -0.15) is 0 Å². The molecule has 1 unspecified atom stereocenters. The van der Waals surface area contributed by atoms with Crippen molar-refractivity contribution in [3.8, 4) is 0 Å². The maximum Gasteiger partial charge on any atom is 0.0608 e. The third-order valence-corrected chi connectivity index (χ3v) is 4.80. The maximum absolute atomic E-state index is 10.4. The molecule has 98 valence electrons. The Balaban J connectivity index is 1.64. The lowest BCUT2D eigenvalue weighted by atomic mass is 9.83. The molecule has 2 aliphatic carbocycles. The zero-order valence-corrected chi connectivity index (χ0v) is 11.2. The van der Waals surface area contributed by atoms with Crippen LogP contribution in [-0.2, 0) is 19.3 Å². The van der Waals surface area contributed by atoms with E-state index in [4.69, 9.17) is 0 Å². The third kappa shape index (κ3) is 2.61. The fraction of sp³-hybridized carbons (Fsp3) is 0.647. The van der Waals surface area contributed by atoms with Gasteiger partial charge < -0.3 is 5.11 Å². The number of aliphatic hydroxyl groups excluding tert-OH is 1. The van der Waals surface area contributed by atoms with E-state index in [0.29, 0.717) is 5.92 Å². The van der Waals surface area contributed by atoms with Crippen molar-refractivity contribution < 1.29 is 5.11 Å². The van der Waals surface area contributed by atoms with E-state index >= 15 is 0 Å². The van der Waals surface area contributed by atoms with Gasteiger partial charge in [-0.05, 0) is 61.1 Å². The molecule has 0 aliphatic heterocycles. The van der Waals surface area contributed by atoms with Gasteiger partial charge in [0.2, 0.25) is 0 Å². The van der Waals surface area contributed by atoms with Crippen molar-refractivity contribution in [3.05, 3.63) is 34.9 Å². The lowest BCUT2D eigenvalue weighted by molar-refractivity contribution is 0.0851. The Morgan fingerprint density at radius 1 is 1.00 bits per heavy atom. The molecule has 1 atom stereocenters. The Bertz CT molecular complexity index is 404. The predicted octanol–water partition coefficient (Wildman–Crippen LogP) is 3.66. The summed E-state index contributed by atoms with van der Waals surface area (Å²) in [6.45, 7) is 0. The summed E-state index contributed by atoms with van der Waals surface area (Å²) in [4.78, 5) is 0. The van der Waals surface area contributed by atoms with Crippen LogP contribution in [0.2, 0.25) is 0 Å². The summed E-state index contributed by atoms with van der Waals surface area (Å²) in [5.41, 5.74) is 4.41. The van der Waals surface area contributed by atoms with Crippen molar-refractivity contribution in [3.63, 3.8) is 0 Å². The first-order valence-corrected chi connectivity index (χ1v) is 7.61. The third-order valence-electron chi connectivity index (χ3n) is 4.80. The first kappa shape index (κ1) is 12.2. The largest absolute Gasteiger partial charge is 0.392 e. The molecule has 1 aromatic carbocycles. The van der Waals surface area contributed by atoms with Crippen LogP contribution in [0.1, 0.15) is 55.2 Å². The van der Waals surface area contributed by atoms with Crippen LogP contribution < -0.4 is 0 Å². The molecule has 1 saturated carbocycles. The van der Waals surface area contributed by atoms with Gasteiger partial charge in [-0.25, -0.2) is 0 Å². The van der Waals surface area contributed by atoms with Crippen LogP contribution in [-0.4, -0.2) is 11.2 Å². The molecule has 18 heavy (non-hydrogen) atoms. The number of hydrogen-bond donors (Lipinski definition) is 1. The molecule has 1 heteroatoms. The lowest BCUT2D eigenvalue weighted by Gasteiger charge is -2.26. The molecule has 0 radical (unpaired) electrons. The van der Waals surface area contributed by atoms with Gasteiger partial charge in [-0.15, -0.1) is 0 Å². The van der Waals surface area contributed by atoms with Gasteiger partial charge in [0.15, 0.2) is 0 Å². The number of aryl methyl sites for hydroxylation is 2. The molecule has 0 heterocycles. The van der Waals surface area contributed by atoms with Crippen molar-refractivity contribution in [1.29, 1.82) is 0 Å². The SMILES string of the molecule is OC(Cc1ccc2c(c1)CCC2)C1CCCCC1. The minimum Gasteiger partial charge on any atom is -0.392 e. The summed E-state index contributed by atoms with van der Waals surface area (Å²) in [5, 5.41) is 10.4. The quantitative estimate of drug-likeness (QED) is 0.860. The molecule has 3 rings (SSSR count). The van der Waals surface area contributed by atoms with Crippen LogP contribution in [0.5, 0.6) is 0 Å². The Hall–Kier alpha value is -0.820. The van der Waals surface area contributed by atoms with E-state index in [-0.39, 0.29) is 6.10 Å². The number of fused-ring (bicyclic) bond motifs is 1. The highest BCUT2D eigenvalue weighted by atomic mass is 16.3. The maximum atomic E-state index is 10.4. The first-order valence-electron chi connectivity index (χ1n) is 7.61. The van der Waals surface area contributed by atoms with Crippen molar-refractivity contribution in [2.24, 2.45) is 5.92 Å². The molecule has 1 N–H and O–H groups in total. The van der Waals surface area contributed by atoms with Gasteiger partial charge in [-0.3, -0.25) is 0 Å². The molecule has 1 nitrogen and oxygen atoms in total. The highest BCUT2D eigenvalue weighted by Gasteiger charge is 2.22. The summed E-state index contributed by atoms with van der Waals surface area (Å²) in [5.74, 6) is 0.548. The van der Waals surface area contributed by atoms with Crippen LogP contribution in [0, 0.1) is 5.92 Å². The highest BCUT2D eigenvalue weighted by molar-refractivity contribution is 5.35. The fourth-order valence-corrected chi connectivity index (χ4v) is 3.68. The van der Waals surface area contributed by atoms with Crippen LogP contribution in [0.4, 0.5) is 0 Å². The number of benzene rings is 1. The van der Waals surface area contributed by atoms with Crippen LogP contribution in [0.15, 0.2) is 18.2 Å². The normalized spacial score (nSPS) is 21.8. The van der Waals surface area contributed by atoms with E-state index in [2.05, 4.69) is 18.2 Å². The topological polar surface area (TPSA) is 20.2 Å². The number of rotatable bonds is 3. The van der Waals surface area contributed by atoms with Crippen LogP contribution in [0.25, 0.3) is 0 Å². The summed E-state index contributed by atoms with van der Waals surface area (Å²) >= 11 is 0. The summed E-state index contributed by atoms with van der Waals surface area (Å²) < 4.78 is 0. The van der Waals surface area contributed by atoms with Crippen molar-refractivity contribution in [2.75, 3.05) is 0 Å². The molecule has 1 aromatic rings.